The molecule has 3 fully saturated rings. The smallest absolute Gasteiger partial charge is 0.254 e. The number of piperidine rings is 1. The minimum atomic E-state index is -0.629. The zero-order chi connectivity index (χ0) is 33.1. The lowest BCUT2D eigenvalue weighted by Gasteiger charge is -2.43. The Morgan fingerprint density at radius 2 is 1.83 bits per heavy atom. The van der Waals surface area contributed by atoms with Gasteiger partial charge in [0.1, 0.15) is 17.3 Å². The van der Waals surface area contributed by atoms with E-state index in [1.807, 2.05) is 43.3 Å². The van der Waals surface area contributed by atoms with Gasteiger partial charge in [0.15, 0.2) is 0 Å². The summed E-state index contributed by atoms with van der Waals surface area (Å²) in [5.74, 6) is 0.335. The van der Waals surface area contributed by atoms with Gasteiger partial charge < -0.3 is 19.7 Å². The van der Waals surface area contributed by atoms with Gasteiger partial charge in [-0.15, -0.1) is 0 Å². The van der Waals surface area contributed by atoms with Gasteiger partial charge in [-0.3, -0.25) is 14.5 Å². The molecule has 0 aliphatic carbocycles. The molecular weight excluding hydrogens is 597 g/mol. The van der Waals surface area contributed by atoms with Gasteiger partial charge in [0.25, 0.3) is 5.91 Å². The lowest BCUT2D eigenvalue weighted by molar-refractivity contribution is -0.128. The average molecular weight is 644 g/mol. The summed E-state index contributed by atoms with van der Waals surface area (Å²) in [4.78, 5) is 30.4. The molecule has 0 saturated carbocycles. The molecule has 1 aromatic heterocycles. The number of benzene rings is 2. The number of rotatable bonds is 9. The van der Waals surface area contributed by atoms with E-state index in [0.29, 0.717) is 48.0 Å². The van der Waals surface area contributed by atoms with Gasteiger partial charge in [0.2, 0.25) is 5.91 Å². The SMILES string of the molecule is CC(C)c1ccc(-c2ccc(Oc3cc(C(=O)NC4CCN(C5CCOCC5)C(C)C4)c(F)cc3CN3C[C@@H](C)CC3=O)cc2)nn1. The molecule has 10 heteroatoms. The van der Waals surface area contributed by atoms with Crippen LogP contribution in [0.1, 0.15) is 87.3 Å². The standard InChI is InChI=1S/C37H46FN5O4/c1-23(2)33-9-10-34(41-40-33)26-5-7-30(8-6-26)47-35-20-31(32(38)19-27(35)22-42-21-24(3)17-36(42)44)37(45)39-28-11-14-43(25(4)18-28)29-12-15-46-16-13-29/h5-10,19-20,23-25,28-29H,11-18,21-22H2,1-4H3,(H,39,45)/t24-,25?,28?/m0/s1. The first-order chi connectivity index (χ1) is 22.6. The number of halogens is 1. The molecule has 3 aliphatic rings. The Balaban J connectivity index is 1.19. The summed E-state index contributed by atoms with van der Waals surface area (Å²) >= 11 is 0. The molecule has 2 aromatic carbocycles. The number of ether oxygens (including phenoxy) is 2. The predicted molar refractivity (Wildman–Crippen MR) is 178 cm³/mol. The van der Waals surface area contributed by atoms with Crippen molar-refractivity contribution in [3.8, 4) is 22.8 Å². The van der Waals surface area contributed by atoms with Gasteiger partial charge in [0.05, 0.1) is 17.0 Å². The highest BCUT2D eigenvalue weighted by Crippen LogP contribution is 2.33. The monoisotopic (exact) mass is 643 g/mol. The second kappa shape index (κ2) is 14.5. The van der Waals surface area contributed by atoms with Crippen molar-refractivity contribution >= 4 is 11.8 Å². The van der Waals surface area contributed by atoms with Crippen LogP contribution < -0.4 is 10.1 Å². The summed E-state index contributed by atoms with van der Waals surface area (Å²) in [6.07, 6.45) is 4.14. The van der Waals surface area contributed by atoms with Crippen LogP contribution in [0, 0.1) is 11.7 Å². The van der Waals surface area contributed by atoms with Crippen LogP contribution in [0.25, 0.3) is 11.3 Å². The van der Waals surface area contributed by atoms with E-state index in [0.717, 1.165) is 62.4 Å². The second-order valence-electron chi connectivity index (χ2n) is 13.8. The summed E-state index contributed by atoms with van der Waals surface area (Å²) in [5, 5.41) is 11.8. The van der Waals surface area contributed by atoms with Gasteiger partial charge >= 0.3 is 0 Å². The number of carbonyl (C=O) groups is 2. The van der Waals surface area contributed by atoms with E-state index < -0.39 is 11.7 Å². The molecule has 250 valence electrons. The summed E-state index contributed by atoms with van der Waals surface area (Å²) in [5.41, 5.74) is 3.00. The summed E-state index contributed by atoms with van der Waals surface area (Å²) in [6, 6.07) is 14.9. The van der Waals surface area contributed by atoms with Gasteiger partial charge in [-0.25, -0.2) is 4.39 Å². The normalized spacial score (nSPS) is 22.6. The number of nitrogens with one attached hydrogen (secondary N) is 1. The maximum Gasteiger partial charge on any atom is 0.254 e. The fourth-order valence-electron chi connectivity index (χ4n) is 7.08. The van der Waals surface area contributed by atoms with Crippen LogP contribution in [0.5, 0.6) is 11.5 Å². The zero-order valence-corrected chi connectivity index (χ0v) is 27.9. The van der Waals surface area contributed by atoms with Crippen molar-refractivity contribution in [2.45, 2.75) is 90.4 Å². The first kappa shape index (κ1) is 33.0. The Morgan fingerprint density at radius 3 is 2.47 bits per heavy atom. The number of carbonyl (C=O) groups excluding carboxylic acids is 2. The fraction of sp³-hybridized carbons (Fsp3) is 0.514. The molecule has 1 N–H and O–H groups in total. The van der Waals surface area contributed by atoms with Crippen molar-refractivity contribution in [3.05, 3.63) is 71.2 Å². The molecule has 3 aliphatic heterocycles. The van der Waals surface area contributed by atoms with Crippen molar-refractivity contribution in [1.82, 2.24) is 25.3 Å². The molecule has 9 nitrogen and oxygen atoms in total. The first-order valence-electron chi connectivity index (χ1n) is 17.0. The fourth-order valence-corrected chi connectivity index (χ4v) is 7.08. The summed E-state index contributed by atoms with van der Waals surface area (Å²) < 4.78 is 27.5. The third-order valence-corrected chi connectivity index (χ3v) is 9.74. The molecule has 47 heavy (non-hydrogen) atoms. The van der Waals surface area contributed by atoms with Crippen molar-refractivity contribution in [2.24, 2.45) is 5.92 Å². The number of hydrogen-bond acceptors (Lipinski definition) is 7. The van der Waals surface area contributed by atoms with Gasteiger partial charge in [-0.1, -0.05) is 20.8 Å². The molecule has 3 aromatic rings. The number of hydrogen-bond donors (Lipinski definition) is 1. The molecule has 0 radical (unpaired) electrons. The van der Waals surface area contributed by atoms with Crippen LogP contribution in [0.2, 0.25) is 0 Å². The minimum absolute atomic E-state index is 0.0286. The second-order valence-corrected chi connectivity index (χ2v) is 13.8. The van der Waals surface area contributed by atoms with Crippen LogP contribution >= 0.6 is 0 Å². The maximum absolute atomic E-state index is 15.7. The molecule has 6 rings (SSSR count). The molecule has 2 unspecified atom stereocenters. The Kier molecular flexibility index (Phi) is 10.2. The Hall–Kier alpha value is -3.89. The Bertz CT molecular complexity index is 1560. The highest BCUT2D eigenvalue weighted by Gasteiger charge is 2.33. The Labute approximate surface area is 276 Å². The number of aromatic nitrogens is 2. The van der Waals surface area contributed by atoms with Gasteiger partial charge in [-0.2, -0.15) is 10.2 Å². The lowest BCUT2D eigenvalue weighted by atomic mass is 9.94. The van der Waals surface area contributed by atoms with Gasteiger partial charge in [-0.05, 0) is 93.0 Å². The van der Waals surface area contributed by atoms with E-state index in [1.54, 1.807) is 4.90 Å². The largest absolute Gasteiger partial charge is 0.457 e. The van der Waals surface area contributed by atoms with E-state index in [-0.39, 0.29) is 30.0 Å². The minimum Gasteiger partial charge on any atom is -0.457 e. The molecule has 3 atom stereocenters. The Morgan fingerprint density at radius 1 is 1.06 bits per heavy atom. The summed E-state index contributed by atoms with van der Waals surface area (Å²) in [7, 11) is 0. The van der Waals surface area contributed by atoms with Crippen molar-refractivity contribution < 1.29 is 23.5 Å². The van der Waals surface area contributed by atoms with Crippen LogP contribution in [0.3, 0.4) is 0 Å². The van der Waals surface area contributed by atoms with Crippen LogP contribution in [-0.2, 0) is 16.1 Å². The van der Waals surface area contributed by atoms with E-state index >= 15 is 4.39 Å². The highest BCUT2D eigenvalue weighted by molar-refractivity contribution is 5.95. The molecule has 0 spiro atoms. The van der Waals surface area contributed by atoms with Gasteiger partial charge in [0, 0.05) is 68.5 Å². The number of likely N-dealkylation sites (tertiary alicyclic amines) is 2. The van der Waals surface area contributed by atoms with Crippen molar-refractivity contribution in [3.63, 3.8) is 0 Å². The first-order valence-corrected chi connectivity index (χ1v) is 17.0. The molecular formula is C37H46FN5O4. The van der Waals surface area contributed by atoms with Crippen LogP contribution in [0.4, 0.5) is 4.39 Å². The maximum atomic E-state index is 15.7. The molecule has 3 saturated heterocycles. The van der Waals surface area contributed by atoms with E-state index in [2.05, 4.69) is 41.2 Å². The van der Waals surface area contributed by atoms with Crippen molar-refractivity contribution in [2.75, 3.05) is 26.3 Å². The van der Waals surface area contributed by atoms with Crippen LogP contribution in [-0.4, -0.2) is 76.2 Å². The van der Waals surface area contributed by atoms with E-state index in [1.165, 1.54) is 12.1 Å². The predicted octanol–water partition coefficient (Wildman–Crippen LogP) is 6.33. The zero-order valence-electron chi connectivity index (χ0n) is 27.9. The van der Waals surface area contributed by atoms with E-state index in [4.69, 9.17) is 9.47 Å². The average Bonchev–Trinajstić information content (AvgIpc) is 3.38. The third-order valence-electron chi connectivity index (χ3n) is 9.74. The highest BCUT2D eigenvalue weighted by atomic mass is 19.1. The van der Waals surface area contributed by atoms with E-state index in [9.17, 15) is 9.59 Å². The third kappa shape index (κ3) is 7.81. The molecule has 2 amide bonds. The van der Waals surface area contributed by atoms with Crippen molar-refractivity contribution in [1.29, 1.82) is 0 Å². The summed E-state index contributed by atoms with van der Waals surface area (Å²) in [6.45, 7) is 11.7. The topological polar surface area (TPSA) is 96.9 Å². The number of nitrogens with zero attached hydrogens (tertiary/aromatic N) is 4. The number of amides is 2. The van der Waals surface area contributed by atoms with Crippen LogP contribution in [0.15, 0.2) is 48.5 Å². The quantitative estimate of drug-likeness (QED) is 0.291. The molecule has 4 heterocycles. The lowest BCUT2D eigenvalue weighted by Crippen LogP contribution is -2.53. The molecule has 0 bridgehead atoms.